The number of para-hydroxylation sites is 2. The van der Waals surface area contributed by atoms with E-state index < -0.39 is 11.8 Å². The van der Waals surface area contributed by atoms with Crippen molar-refractivity contribution in [2.24, 2.45) is 0 Å². The van der Waals surface area contributed by atoms with Crippen molar-refractivity contribution in [3.63, 3.8) is 0 Å². The molecule has 34 heavy (non-hydrogen) atoms. The molecule has 1 heterocycles. The fourth-order valence-corrected chi connectivity index (χ4v) is 3.66. The van der Waals surface area contributed by atoms with Gasteiger partial charge in [-0.2, -0.15) is 0 Å². The Hall–Kier alpha value is -3.62. The number of nitrogens with one attached hydrogen (secondary N) is 1. The molecule has 1 N–H and O–H groups in total. The van der Waals surface area contributed by atoms with Gasteiger partial charge in [0.1, 0.15) is 30.3 Å². The highest BCUT2D eigenvalue weighted by Gasteiger charge is 2.34. The van der Waals surface area contributed by atoms with Crippen LogP contribution in [0.5, 0.6) is 11.5 Å². The second-order valence-corrected chi connectivity index (χ2v) is 8.20. The third kappa shape index (κ3) is 6.03. The van der Waals surface area contributed by atoms with Crippen molar-refractivity contribution in [3.8, 4) is 11.5 Å². The van der Waals surface area contributed by atoms with Crippen LogP contribution in [-0.2, 0) is 14.3 Å². The summed E-state index contributed by atoms with van der Waals surface area (Å²) in [6.07, 6.45) is 1.54. The van der Waals surface area contributed by atoms with Gasteiger partial charge in [-0.15, -0.1) is 0 Å². The highest BCUT2D eigenvalue weighted by atomic mass is 79.9. The third-order valence-corrected chi connectivity index (χ3v) is 5.40. The molecule has 3 aromatic rings. The van der Waals surface area contributed by atoms with Gasteiger partial charge in [-0.1, -0.05) is 52.3 Å². The molecule has 0 saturated carbocycles. The number of hydrogen-bond acceptors (Lipinski definition) is 5. The first-order valence-corrected chi connectivity index (χ1v) is 11.5. The summed E-state index contributed by atoms with van der Waals surface area (Å²) in [6.45, 7) is 1.54. The molecule has 2 amide bonds. The lowest BCUT2D eigenvalue weighted by Crippen LogP contribution is -2.35. The molecular weight excluding hydrogens is 500 g/mol. The highest BCUT2D eigenvalue weighted by Crippen LogP contribution is 2.28. The molecule has 0 atom stereocenters. The number of halogens is 1. The van der Waals surface area contributed by atoms with Crippen LogP contribution in [0.3, 0.4) is 0 Å². The molecule has 1 fully saturated rings. The molecule has 1 aliphatic heterocycles. The summed E-state index contributed by atoms with van der Waals surface area (Å²) in [5.74, 6) is 0.440. The predicted molar refractivity (Wildman–Crippen MR) is 132 cm³/mol. The number of hydrogen-bond donors (Lipinski definition) is 1. The Balaban J connectivity index is 1.34. The van der Waals surface area contributed by atoms with Crippen molar-refractivity contribution in [3.05, 3.63) is 94.5 Å². The van der Waals surface area contributed by atoms with Crippen molar-refractivity contribution in [2.75, 3.05) is 31.4 Å². The molecule has 7 nitrogen and oxygen atoms in total. The Morgan fingerprint density at radius 3 is 2.24 bits per heavy atom. The second-order valence-electron chi connectivity index (χ2n) is 7.28. The minimum absolute atomic E-state index is 0.0288. The molecule has 3 aromatic carbocycles. The maximum absolute atomic E-state index is 12.9. The van der Waals surface area contributed by atoms with Gasteiger partial charge in [-0.3, -0.25) is 15.0 Å². The van der Waals surface area contributed by atoms with Gasteiger partial charge in [0.2, 0.25) is 0 Å². The third-order valence-electron chi connectivity index (χ3n) is 4.90. The average molecular weight is 523 g/mol. The smallest absolute Gasteiger partial charge is 0.282 e. The lowest BCUT2D eigenvalue weighted by Gasteiger charge is -2.14. The zero-order valence-electron chi connectivity index (χ0n) is 18.3. The Bertz CT molecular complexity index is 1170. The van der Waals surface area contributed by atoms with E-state index in [1.807, 2.05) is 42.5 Å². The van der Waals surface area contributed by atoms with E-state index >= 15 is 0 Å². The summed E-state index contributed by atoms with van der Waals surface area (Å²) in [4.78, 5) is 25.4. The minimum atomic E-state index is -0.471. The molecule has 8 heteroatoms. The Morgan fingerprint density at radius 1 is 0.824 bits per heavy atom. The standard InChI is InChI=1S/C26H23BrN2O5/c27-20-11-12-24(34-16-14-32-13-15-33-22-9-5-2-6-10-22)19(17-20)18-23-25(30)28-29(26(23)31)21-7-3-1-4-8-21/h1-12,17-18H,13-16H2,(H,28,30)/b23-18+. The number of benzene rings is 3. The number of carbonyl (C=O) groups is 2. The topological polar surface area (TPSA) is 77.1 Å². The summed E-state index contributed by atoms with van der Waals surface area (Å²) >= 11 is 3.43. The van der Waals surface area contributed by atoms with Crippen LogP contribution in [0.25, 0.3) is 6.08 Å². The Morgan fingerprint density at radius 2 is 1.50 bits per heavy atom. The summed E-state index contributed by atoms with van der Waals surface area (Å²) in [6, 6.07) is 23.9. The van der Waals surface area contributed by atoms with E-state index in [0.29, 0.717) is 43.4 Å². The van der Waals surface area contributed by atoms with Gasteiger partial charge in [-0.05, 0) is 48.5 Å². The van der Waals surface area contributed by atoms with Crippen LogP contribution in [0.2, 0.25) is 0 Å². The highest BCUT2D eigenvalue weighted by molar-refractivity contribution is 9.10. The monoisotopic (exact) mass is 522 g/mol. The molecule has 0 unspecified atom stereocenters. The normalized spacial score (nSPS) is 14.4. The lowest BCUT2D eigenvalue weighted by atomic mass is 10.1. The van der Waals surface area contributed by atoms with Crippen LogP contribution in [-0.4, -0.2) is 38.2 Å². The zero-order valence-corrected chi connectivity index (χ0v) is 19.9. The van der Waals surface area contributed by atoms with E-state index in [1.54, 1.807) is 36.4 Å². The van der Waals surface area contributed by atoms with Gasteiger partial charge < -0.3 is 14.2 Å². The van der Waals surface area contributed by atoms with Crippen LogP contribution in [0, 0.1) is 0 Å². The van der Waals surface area contributed by atoms with Crippen molar-refractivity contribution in [2.45, 2.75) is 0 Å². The number of nitrogens with zero attached hydrogens (tertiary/aromatic N) is 1. The molecule has 4 rings (SSSR count). The Labute approximate surface area is 206 Å². The molecule has 0 aliphatic carbocycles. The minimum Gasteiger partial charge on any atom is -0.491 e. The lowest BCUT2D eigenvalue weighted by molar-refractivity contribution is -0.117. The number of amides is 2. The van der Waals surface area contributed by atoms with Crippen molar-refractivity contribution < 1.29 is 23.8 Å². The van der Waals surface area contributed by atoms with E-state index in [-0.39, 0.29) is 5.57 Å². The number of anilines is 1. The first kappa shape index (κ1) is 23.5. The van der Waals surface area contributed by atoms with Crippen molar-refractivity contribution in [1.29, 1.82) is 0 Å². The predicted octanol–water partition coefficient (Wildman–Crippen LogP) is 4.38. The van der Waals surface area contributed by atoms with Crippen LogP contribution < -0.4 is 19.9 Å². The molecule has 174 valence electrons. The van der Waals surface area contributed by atoms with Gasteiger partial charge in [0, 0.05) is 10.0 Å². The zero-order chi connectivity index (χ0) is 23.8. The van der Waals surface area contributed by atoms with E-state index in [4.69, 9.17) is 14.2 Å². The first-order chi connectivity index (χ1) is 16.6. The molecule has 0 spiro atoms. The van der Waals surface area contributed by atoms with Crippen molar-refractivity contribution in [1.82, 2.24) is 5.43 Å². The Kier molecular flexibility index (Phi) is 7.95. The van der Waals surface area contributed by atoms with Gasteiger partial charge in [-0.25, -0.2) is 5.01 Å². The largest absolute Gasteiger partial charge is 0.491 e. The fraction of sp³-hybridized carbons (Fsp3) is 0.154. The van der Waals surface area contributed by atoms with E-state index in [9.17, 15) is 9.59 Å². The molecule has 0 aromatic heterocycles. The average Bonchev–Trinajstić information content (AvgIpc) is 3.14. The number of hydrazine groups is 1. The quantitative estimate of drug-likeness (QED) is 0.243. The van der Waals surface area contributed by atoms with Gasteiger partial charge in [0.15, 0.2) is 0 Å². The van der Waals surface area contributed by atoms with Crippen LogP contribution >= 0.6 is 15.9 Å². The summed E-state index contributed by atoms with van der Waals surface area (Å²) in [7, 11) is 0. The maximum atomic E-state index is 12.9. The summed E-state index contributed by atoms with van der Waals surface area (Å²) in [5, 5.41) is 1.23. The van der Waals surface area contributed by atoms with Crippen LogP contribution in [0.15, 0.2) is 88.9 Å². The molecule has 0 bridgehead atoms. The van der Waals surface area contributed by atoms with Crippen LogP contribution in [0.4, 0.5) is 5.69 Å². The van der Waals surface area contributed by atoms with Gasteiger partial charge in [0.05, 0.1) is 18.9 Å². The van der Waals surface area contributed by atoms with Gasteiger partial charge >= 0.3 is 0 Å². The molecule has 0 radical (unpaired) electrons. The SMILES string of the molecule is O=C1NN(c2ccccc2)C(=O)/C1=C/c1cc(Br)ccc1OCCOCCOc1ccccc1. The fourth-order valence-electron chi connectivity index (χ4n) is 3.28. The number of ether oxygens (including phenoxy) is 3. The summed E-state index contributed by atoms with van der Waals surface area (Å²) in [5.41, 5.74) is 3.82. The second kappa shape index (κ2) is 11.5. The van der Waals surface area contributed by atoms with E-state index in [1.165, 1.54) is 11.1 Å². The van der Waals surface area contributed by atoms with E-state index in [2.05, 4.69) is 21.4 Å². The van der Waals surface area contributed by atoms with E-state index in [0.717, 1.165) is 10.2 Å². The number of carbonyl (C=O) groups excluding carboxylic acids is 2. The molecule has 1 saturated heterocycles. The van der Waals surface area contributed by atoms with Gasteiger partial charge in [0.25, 0.3) is 11.8 Å². The maximum Gasteiger partial charge on any atom is 0.282 e. The molecule has 1 aliphatic rings. The summed E-state index contributed by atoms with van der Waals surface area (Å²) < 4.78 is 17.8. The van der Waals surface area contributed by atoms with Crippen molar-refractivity contribution >= 4 is 39.5 Å². The molecular formula is C26H23BrN2O5. The van der Waals surface area contributed by atoms with Crippen LogP contribution in [0.1, 0.15) is 5.56 Å². The number of rotatable bonds is 10. The first-order valence-electron chi connectivity index (χ1n) is 10.7.